The molecule has 0 aromatic rings. The lowest BCUT2D eigenvalue weighted by Crippen LogP contribution is -2.45. The highest BCUT2D eigenvalue weighted by molar-refractivity contribution is 6.01. The molecule has 1 atom stereocenters. The lowest BCUT2D eigenvalue weighted by molar-refractivity contribution is -0.148. The lowest BCUT2D eigenvalue weighted by atomic mass is 10.1. The third-order valence-corrected chi connectivity index (χ3v) is 4.23. The molecule has 1 rings (SSSR count). The molecule has 1 aliphatic heterocycles. The van der Waals surface area contributed by atoms with Crippen molar-refractivity contribution in [1.29, 1.82) is 0 Å². The van der Waals surface area contributed by atoms with Gasteiger partial charge in [-0.3, -0.25) is 14.9 Å². The summed E-state index contributed by atoms with van der Waals surface area (Å²) in [6.07, 6.45) is 5.93. The summed E-state index contributed by atoms with van der Waals surface area (Å²) in [6.45, 7) is 3.08. The van der Waals surface area contributed by atoms with Crippen molar-refractivity contribution < 1.29 is 28.0 Å². The Balaban J connectivity index is 3.18. The third kappa shape index (κ3) is 12.1. The first-order valence-electron chi connectivity index (χ1n) is 11.9. The number of carbonyl (C=O) groups excluding carboxylic acids is 3. The van der Waals surface area contributed by atoms with Gasteiger partial charge in [-0.05, 0) is 47.0 Å². The van der Waals surface area contributed by atoms with E-state index in [9.17, 15) is 14.4 Å². The topological polar surface area (TPSA) is 97.3 Å². The van der Waals surface area contributed by atoms with Crippen LogP contribution in [0.15, 0.2) is 4.99 Å². The molecule has 1 saturated heterocycles. The number of carbonyl (C=O) groups is 3. The van der Waals surface area contributed by atoms with Crippen LogP contribution in [0.3, 0.4) is 0 Å². The third-order valence-electron chi connectivity index (χ3n) is 4.23. The largest absolute Gasteiger partial charge is 0.461 e. The van der Waals surface area contributed by atoms with Gasteiger partial charge in [-0.2, -0.15) is 0 Å². The average molecular weight is 415 g/mol. The van der Waals surface area contributed by atoms with Gasteiger partial charge in [0.05, 0.1) is 6.10 Å². The van der Waals surface area contributed by atoms with Crippen LogP contribution in [0, 0.1) is 0 Å². The fraction of sp³-hybridized carbons (Fsp3) is 0.810. The number of nitrogens with zero attached hydrogens (tertiary/aromatic N) is 2. The monoisotopic (exact) mass is 414 g/mol. The number of esters is 1. The van der Waals surface area contributed by atoms with Crippen LogP contribution in [0.1, 0.15) is 89.6 Å². The molecule has 1 N–H and O–H groups in total. The van der Waals surface area contributed by atoms with Gasteiger partial charge >= 0.3 is 12.1 Å². The summed E-state index contributed by atoms with van der Waals surface area (Å²) in [5, 5.41) is 2.38. The summed E-state index contributed by atoms with van der Waals surface area (Å²) in [5.41, 5.74) is -0.874. The van der Waals surface area contributed by atoms with Crippen LogP contribution in [0.4, 0.5) is 4.79 Å². The lowest BCUT2D eigenvalue weighted by Gasteiger charge is -2.23. The molecule has 1 aliphatic rings. The predicted molar refractivity (Wildman–Crippen MR) is 112 cm³/mol. The first-order valence-corrected chi connectivity index (χ1v) is 10.4. The number of nitrogens with one attached hydrogen (secondary N) is 1. The van der Waals surface area contributed by atoms with E-state index in [1.165, 1.54) is 0 Å². The Labute approximate surface area is 178 Å². The molecule has 8 heteroatoms. The molecule has 8 nitrogen and oxygen atoms in total. The summed E-state index contributed by atoms with van der Waals surface area (Å²) in [5.74, 6) is -1.84. The average Bonchev–Trinajstić information content (AvgIpc) is 2.61. The van der Waals surface area contributed by atoms with Gasteiger partial charge in [0.25, 0.3) is 0 Å². The Kier molecular flexibility index (Phi) is 8.65. The second-order valence-electron chi connectivity index (χ2n) is 8.36. The zero-order chi connectivity index (χ0) is 24.4. The van der Waals surface area contributed by atoms with E-state index in [4.69, 9.17) is 13.6 Å². The molecule has 0 radical (unpaired) electrons. The maximum absolute atomic E-state index is 12.4. The number of hydrogen-bond donors (Lipinski definition) is 1. The van der Waals surface area contributed by atoms with E-state index in [2.05, 4.69) is 10.3 Å². The van der Waals surface area contributed by atoms with E-state index in [-0.39, 0.29) is 12.5 Å². The van der Waals surface area contributed by atoms with E-state index >= 15 is 0 Å². The summed E-state index contributed by atoms with van der Waals surface area (Å²) in [7, 11) is 0. The number of ether oxygens (including phenoxy) is 2. The van der Waals surface area contributed by atoms with Crippen LogP contribution >= 0.6 is 0 Å². The van der Waals surface area contributed by atoms with Crippen molar-refractivity contribution in [2.24, 2.45) is 4.99 Å². The first-order chi connectivity index (χ1) is 14.8. The molecule has 1 heterocycles. The van der Waals surface area contributed by atoms with Crippen LogP contribution < -0.4 is 5.32 Å². The highest BCUT2D eigenvalue weighted by Gasteiger charge is 2.21. The van der Waals surface area contributed by atoms with Crippen molar-refractivity contribution in [3.8, 4) is 0 Å². The van der Waals surface area contributed by atoms with E-state index in [0.717, 1.165) is 38.5 Å². The molecule has 0 saturated carbocycles. The zero-order valence-corrected chi connectivity index (χ0v) is 18.1. The Morgan fingerprint density at radius 2 is 1.79 bits per heavy atom. The van der Waals surface area contributed by atoms with Crippen molar-refractivity contribution in [1.82, 2.24) is 10.2 Å². The summed E-state index contributed by atoms with van der Waals surface area (Å²) in [6, 6.07) is 0. The Hall–Kier alpha value is -2.12. The number of aliphatic imine (C=N–C) groups is 1. The second kappa shape index (κ2) is 12.4. The van der Waals surface area contributed by atoms with Crippen LogP contribution in [-0.4, -0.2) is 54.1 Å². The van der Waals surface area contributed by atoms with Gasteiger partial charge in [0.15, 0.2) is 0 Å². The van der Waals surface area contributed by atoms with Gasteiger partial charge in [0, 0.05) is 17.5 Å². The SMILES string of the molecule is [2H]C([2H])([2H])N1CC(=O)O[C@H](C)CCCCCCCCCC(=O)NC1=NC(=O)OC(C)(C)C. The fourth-order valence-corrected chi connectivity index (χ4v) is 2.84. The quantitative estimate of drug-likeness (QED) is 0.606. The van der Waals surface area contributed by atoms with Crippen LogP contribution in [-0.2, 0) is 19.1 Å². The van der Waals surface area contributed by atoms with Gasteiger partial charge in [0.2, 0.25) is 11.9 Å². The Morgan fingerprint density at radius 3 is 2.41 bits per heavy atom. The molecule has 0 bridgehead atoms. The molecule has 0 spiro atoms. The van der Waals surface area contributed by atoms with Crippen molar-refractivity contribution in [3.63, 3.8) is 0 Å². The first kappa shape index (κ1) is 20.2. The number of likely N-dealkylation sites (N-methyl/N-ethyl adjacent to an activating group) is 1. The highest BCUT2D eigenvalue weighted by Crippen LogP contribution is 2.13. The van der Waals surface area contributed by atoms with E-state index in [0.29, 0.717) is 17.7 Å². The molecule has 0 aromatic carbocycles. The molecule has 2 amide bonds. The standard InChI is InChI=1S/C21H37N3O5/c1-16-13-11-9-7-6-8-10-12-14-17(25)22-19(24(5)15-18(26)28-16)23-20(27)29-21(2,3)4/h16H,6-15H2,1-5H3,(H,22,23,25,27)/t16-/m1/s1/i5D3. The van der Waals surface area contributed by atoms with Crippen molar-refractivity contribution in [2.75, 3.05) is 13.5 Å². The van der Waals surface area contributed by atoms with Crippen molar-refractivity contribution in [3.05, 3.63) is 0 Å². The number of rotatable bonds is 0. The number of amides is 2. The molecule has 0 aromatic heterocycles. The molecule has 29 heavy (non-hydrogen) atoms. The zero-order valence-electron chi connectivity index (χ0n) is 21.1. The van der Waals surface area contributed by atoms with E-state index in [1.807, 2.05) is 0 Å². The number of guanidine groups is 1. The number of cyclic esters (lactones) is 1. The fourth-order valence-electron chi connectivity index (χ4n) is 2.84. The van der Waals surface area contributed by atoms with Crippen molar-refractivity contribution >= 4 is 23.9 Å². The van der Waals surface area contributed by atoms with Gasteiger partial charge in [-0.25, -0.2) is 4.79 Å². The van der Waals surface area contributed by atoms with E-state index < -0.39 is 43.1 Å². The maximum atomic E-state index is 12.4. The van der Waals surface area contributed by atoms with Gasteiger partial charge in [-0.1, -0.05) is 32.1 Å². The smallest absolute Gasteiger partial charge is 0.437 e. The summed E-state index contributed by atoms with van der Waals surface area (Å²) < 4.78 is 33.9. The minimum absolute atomic E-state index is 0.143. The molecule has 1 fully saturated rings. The summed E-state index contributed by atoms with van der Waals surface area (Å²) in [4.78, 5) is 41.4. The molecular weight excluding hydrogens is 374 g/mol. The molecular formula is C21H37N3O5. The van der Waals surface area contributed by atoms with Crippen LogP contribution in [0.2, 0.25) is 0 Å². The van der Waals surface area contributed by atoms with E-state index in [1.54, 1.807) is 27.7 Å². The second-order valence-corrected chi connectivity index (χ2v) is 8.36. The maximum Gasteiger partial charge on any atom is 0.437 e. The number of hydrogen-bond acceptors (Lipinski definition) is 5. The molecule has 166 valence electrons. The highest BCUT2D eigenvalue weighted by atomic mass is 16.6. The van der Waals surface area contributed by atoms with Crippen molar-refractivity contribution in [2.45, 2.75) is 97.2 Å². The van der Waals surface area contributed by atoms with Gasteiger partial charge < -0.3 is 14.4 Å². The minimum Gasteiger partial charge on any atom is -0.461 e. The molecule has 0 aliphatic carbocycles. The normalized spacial score (nSPS) is 25.1. The minimum atomic E-state index is -2.86. The summed E-state index contributed by atoms with van der Waals surface area (Å²) >= 11 is 0. The Morgan fingerprint density at radius 1 is 1.17 bits per heavy atom. The van der Waals surface area contributed by atoms with Gasteiger partial charge in [0.1, 0.15) is 12.1 Å². The molecule has 0 unspecified atom stereocenters. The van der Waals surface area contributed by atoms with Crippen LogP contribution in [0.5, 0.6) is 0 Å². The van der Waals surface area contributed by atoms with Crippen LogP contribution in [0.25, 0.3) is 0 Å². The van der Waals surface area contributed by atoms with Gasteiger partial charge in [-0.15, -0.1) is 4.99 Å². The predicted octanol–water partition coefficient (Wildman–Crippen LogP) is 3.78. The Bertz CT molecular complexity index is 675.